The van der Waals surface area contributed by atoms with Gasteiger partial charge >= 0.3 is 0 Å². The molecule has 3 nitrogen and oxygen atoms in total. The Morgan fingerprint density at radius 2 is 1.83 bits per heavy atom. The molecule has 1 aliphatic heterocycles. The van der Waals surface area contributed by atoms with Crippen molar-refractivity contribution >= 4 is 11.0 Å². The van der Waals surface area contributed by atoms with Crippen LogP contribution in [0, 0.1) is 0 Å². The summed E-state index contributed by atoms with van der Waals surface area (Å²) >= 11 is 0. The third kappa shape index (κ3) is 1.83. The molecule has 1 saturated carbocycles. The Balaban J connectivity index is 1.69. The minimum atomic E-state index is 0.708. The van der Waals surface area contributed by atoms with Crippen molar-refractivity contribution in [1.29, 1.82) is 0 Å². The lowest BCUT2D eigenvalue weighted by atomic mass is 9.90. The van der Waals surface area contributed by atoms with Crippen LogP contribution in [0.2, 0.25) is 0 Å². The summed E-state index contributed by atoms with van der Waals surface area (Å²) in [5.41, 5.74) is 3.84. The molecule has 4 rings (SSSR count). The lowest BCUT2D eigenvalue weighted by Crippen LogP contribution is -2.26. The summed E-state index contributed by atoms with van der Waals surface area (Å²) in [6, 6.07) is 6.79. The lowest BCUT2D eigenvalue weighted by molar-refractivity contribution is 0.460. The van der Waals surface area contributed by atoms with E-state index in [4.69, 9.17) is 4.98 Å². The van der Waals surface area contributed by atoms with E-state index in [0.29, 0.717) is 5.92 Å². The summed E-state index contributed by atoms with van der Waals surface area (Å²) in [5, 5.41) is 3.43. The van der Waals surface area contributed by atoms with Crippen LogP contribution in [0.1, 0.15) is 48.9 Å². The summed E-state index contributed by atoms with van der Waals surface area (Å²) in [6.07, 6.45) is 5.13. The second-order valence-corrected chi connectivity index (χ2v) is 5.70. The molecule has 0 bridgehead atoms. The van der Waals surface area contributed by atoms with Gasteiger partial charge in [-0.2, -0.15) is 0 Å². The average molecular weight is 241 g/mol. The van der Waals surface area contributed by atoms with Gasteiger partial charge in [-0.05, 0) is 62.4 Å². The van der Waals surface area contributed by atoms with Crippen molar-refractivity contribution in [3.05, 3.63) is 29.6 Å². The zero-order valence-electron chi connectivity index (χ0n) is 10.6. The van der Waals surface area contributed by atoms with E-state index < -0.39 is 0 Å². The van der Waals surface area contributed by atoms with Crippen LogP contribution in [-0.2, 0) is 0 Å². The van der Waals surface area contributed by atoms with Gasteiger partial charge in [0.1, 0.15) is 5.82 Å². The van der Waals surface area contributed by atoms with E-state index in [1.165, 1.54) is 42.6 Å². The fraction of sp³-hybridized carbons (Fsp3) is 0.533. The quantitative estimate of drug-likeness (QED) is 0.848. The smallest absolute Gasteiger partial charge is 0.110 e. The van der Waals surface area contributed by atoms with Gasteiger partial charge in [0.15, 0.2) is 0 Å². The van der Waals surface area contributed by atoms with Crippen molar-refractivity contribution in [2.24, 2.45) is 0 Å². The SMILES string of the molecule is c1cc2nc(C3CC3)[nH]c2cc1C1CCNCC1. The molecule has 1 aromatic carbocycles. The van der Waals surface area contributed by atoms with Gasteiger partial charge in [0.05, 0.1) is 11.0 Å². The van der Waals surface area contributed by atoms with Crippen LogP contribution in [0.5, 0.6) is 0 Å². The number of H-pyrrole nitrogens is 1. The predicted octanol–water partition coefficient (Wildman–Crippen LogP) is 2.91. The van der Waals surface area contributed by atoms with Gasteiger partial charge in [-0.3, -0.25) is 0 Å². The van der Waals surface area contributed by atoms with Crippen LogP contribution in [0.4, 0.5) is 0 Å². The highest BCUT2D eigenvalue weighted by Gasteiger charge is 2.26. The predicted molar refractivity (Wildman–Crippen MR) is 72.9 cm³/mol. The molecule has 18 heavy (non-hydrogen) atoms. The van der Waals surface area contributed by atoms with Crippen molar-refractivity contribution in [3.63, 3.8) is 0 Å². The van der Waals surface area contributed by atoms with Gasteiger partial charge in [0, 0.05) is 5.92 Å². The molecule has 0 amide bonds. The molecule has 2 aliphatic rings. The van der Waals surface area contributed by atoms with Crippen molar-refractivity contribution in [1.82, 2.24) is 15.3 Å². The maximum atomic E-state index is 4.69. The monoisotopic (exact) mass is 241 g/mol. The first-order valence-electron chi connectivity index (χ1n) is 7.10. The Bertz CT molecular complexity index is 562. The van der Waals surface area contributed by atoms with E-state index in [1.807, 2.05) is 0 Å². The Hall–Kier alpha value is -1.35. The summed E-state index contributed by atoms with van der Waals surface area (Å²) < 4.78 is 0. The molecule has 0 radical (unpaired) electrons. The summed E-state index contributed by atoms with van der Waals surface area (Å²) in [7, 11) is 0. The first-order valence-corrected chi connectivity index (χ1v) is 7.10. The number of hydrogen-bond acceptors (Lipinski definition) is 2. The number of aromatic nitrogens is 2. The lowest BCUT2D eigenvalue weighted by Gasteiger charge is -2.22. The summed E-state index contributed by atoms with van der Waals surface area (Å²) in [6.45, 7) is 2.30. The summed E-state index contributed by atoms with van der Waals surface area (Å²) in [5.74, 6) is 2.63. The van der Waals surface area contributed by atoms with Crippen LogP contribution in [-0.4, -0.2) is 23.1 Å². The molecular formula is C15H19N3. The van der Waals surface area contributed by atoms with Gasteiger partial charge in [-0.25, -0.2) is 4.98 Å². The maximum Gasteiger partial charge on any atom is 0.110 e. The van der Waals surface area contributed by atoms with Crippen LogP contribution < -0.4 is 5.32 Å². The van der Waals surface area contributed by atoms with Gasteiger partial charge < -0.3 is 10.3 Å². The highest BCUT2D eigenvalue weighted by atomic mass is 14.9. The minimum absolute atomic E-state index is 0.708. The van der Waals surface area contributed by atoms with E-state index >= 15 is 0 Å². The summed E-state index contributed by atoms with van der Waals surface area (Å²) in [4.78, 5) is 8.20. The zero-order valence-corrected chi connectivity index (χ0v) is 10.6. The molecule has 1 saturated heterocycles. The molecule has 3 heteroatoms. The molecule has 1 aromatic heterocycles. The highest BCUT2D eigenvalue weighted by Crippen LogP contribution is 2.39. The number of fused-ring (bicyclic) bond motifs is 1. The maximum absolute atomic E-state index is 4.69. The molecular weight excluding hydrogens is 222 g/mol. The van der Waals surface area contributed by atoms with Crippen LogP contribution in [0.3, 0.4) is 0 Å². The van der Waals surface area contributed by atoms with E-state index in [2.05, 4.69) is 28.5 Å². The van der Waals surface area contributed by atoms with Gasteiger partial charge in [0.2, 0.25) is 0 Å². The standard InChI is InChI=1S/C15H19N3/c1-2-11(1)15-17-13-4-3-12(9-14(13)18-15)10-5-7-16-8-6-10/h3-4,9-11,16H,1-2,5-8H2,(H,17,18). The first-order chi connectivity index (χ1) is 8.90. The number of imidazole rings is 1. The molecule has 2 aromatic rings. The van der Waals surface area contributed by atoms with Crippen LogP contribution in [0.25, 0.3) is 11.0 Å². The zero-order chi connectivity index (χ0) is 11.9. The molecule has 1 aliphatic carbocycles. The number of nitrogens with zero attached hydrogens (tertiary/aromatic N) is 1. The largest absolute Gasteiger partial charge is 0.342 e. The van der Waals surface area contributed by atoms with Crippen molar-refractivity contribution in [3.8, 4) is 0 Å². The second kappa shape index (κ2) is 4.09. The molecule has 94 valence electrons. The minimum Gasteiger partial charge on any atom is -0.342 e. The molecule has 2 fully saturated rings. The van der Waals surface area contributed by atoms with Gasteiger partial charge in [-0.1, -0.05) is 6.07 Å². The normalized spacial score (nSPS) is 21.6. The van der Waals surface area contributed by atoms with Gasteiger partial charge in [0.25, 0.3) is 0 Å². The van der Waals surface area contributed by atoms with Crippen molar-refractivity contribution < 1.29 is 0 Å². The Kier molecular flexibility index (Phi) is 2.40. The van der Waals surface area contributed by atoms with E-state index in [0.717, 1.165) is 24.5 Å². The fourth-order valence-corrected chi connectivity index (χ4v) is 3.01. The Morgan fingerprint density at radius 1 is 1.00 bits per heavy atom. The molecule has 0 atom stereocenters. The van der Waals surface area contributed by atoms with Crippen LogP contribution >= 0.6 is 0 Å². The van der Waals surface area contributed by atoms with E-state index in [9.17, 15) is 0 Å². The third-order valence-electron chi connectivity index (χ3n) is 4.30. The van der Waals surface area contributed by atoms with Crippen molar-refractivity contribution in [2.45, 2.75) is 37.5 Å². The number of rotatable bonds is 2. The highest BCUT2D eigenvalue weighted by molar-refractivity contribution is 5.76. The average Bonchev–Trinajstić information content (AvgIpc) is 3.19. The van der Waals surface area contributed by atoms with E-state index in [-0.39, 0.29) is 0 Å². The Morgan fingerprint density at radius 3 is 2.61 bits per heavy atom. The number of nitrogens with one attached hydrogen (secondary N) is 2. The van der Waals surface area contributed by atoms with Gasteiger partial charge in [-0.15, -0.1) is 0 Å². The first kappa shape index (κ1) is 10.6. The number of aromatic amines is 1. The number of hydrogen-bond donors (Lipinski definition) is 2. The topological polar surface area (TPSA) is 40.7 Å². The number of piperidine rings is 1. The fourth-order valence-electron chi connectivity index (χ4n) is 3.01. The van der Waals surface area contributed by atoms with Crippen molar-refractivity contribution in [2.75, 3.05) is 13.1 Å². The third-order valence-corrected chi connectivity index (χ3v) is 4.30. The number of benzene rings is 1. The Labute approximate surface area is 107 Å². The molecule has 2 heterocycles. The second-order valence-electron chi connectivity index (χ2n) is 5.70. The molecule has 2 N–H and O–H groups in total. The van der Waals surface area contributed by atoms with Crippen LogP contribution in [0.15, 0.2) is 18.2 Å². The molecule has 0 unspecified atom stereocenters. The molecule has 0 spiro atoms. The van der Waals surface area contributed by atoms with E-state index in [1.54, 1.807) is 0 Å².